The lowest BCUT2D eigenvalue weighted by atomic mass is 10.2. The van der Waals surface area contributed by atoms with Crippen molar-refractivity contribution < 1.29 is 18.4 Å². The first-order valence-electron chi connectivity index (χ1n) is 8.01. The zero-order chi connectivity index (χ0) is 18.4. The van der Waals surface area contributed by atoms with Gasteiger partial charge in [0.15, 0.2) is 0 Å². The van der Waals surface area contributed by atoms with Crippen LogP contribution in [0.2, 0.25) is 0 Å². The summed E-state index contributed by atoms with van der Waals surface area (Å²) in [5.74, 6) is 1.96. The summed E-state index contributed by atoms with van der Waals surface area (Å²) in [5.41, 5.74) is 0.811. The Morgan fingerprint density at radius 3 is 2.31 bits per heavy atom. The van der Waals surface area contributed by atoms with Crippen LogP contribution in [0, 0.1) is 0 Å². The van der Waals surface area contributed by atoms with Crippen molar-refractivity contribution in [2.24, 2.45) is 0 Å². The third-order valence-corrected chi connectivity index (χ3v) is 4.26. The fraction of sp³-hybridized carbons (Fsp3) is 0.150. The minimum absolute atomic E-state index is 0.153. The molecule has 134 valence electrons. The molecule has 3 aromatic rings. The molecule has 3 rings (SSSR count). The van der Waals surface area contributed by atoms with Crippen molar-refractivity contribution in [1.29, 1.82) is 0 Å². The molecule has 1 amide bonds. The number of hydrogen-bond acceptors (Lipinski definition) is 4. The maximum absolute atomic E-state index is 12.8. The largest absolute Gasteiger partial charge is 0.496 e. The number of amides is 1. The lowest BCUT2D eigenvalue weighted by Gasteiger charge is -2.19. The van der Waals surface area contributed by atoms with Crippen molar-refractivity contribution in [3.05, 3.63) is 82.6 Å². The number of furan rings is 2. The van der Waals surface area contributed by atoms with Gasteiger partial charge >= 0.3 is 0 Å². The maximum Gasteiger partial charge on any atom is 0.247 e. The number of carbonyl (C=O) groups excluding carboxylic acids is 1. The summed E-state index contributed by atoms with van der Waals surface area (Å²) in [4.78, 5) is 14.4. The van der Waals surface area contributed by atoms with E-state index in [4.69, 9.17) is 13.6 Å². The number of nitrogens with zero attached hydrogens (tertiary/aromatic N) is 1. The second kappa shape index (κ2) is 8.58. The Kier molecular flexibility index (Phi) is 5.96. The molecule has 0 aliphatic carbocycles. The van der Waals surface area contributed by atoms with Gasteiger partial charge in [0.05, 0.1) is 32.7 Å². The lowest BCUT2D eigenvalue weighted by Crippen LogP contribution is -2.28. The van der Waals surface area contributed by atoms with E-state index in [1.807, 2.05) is 30.3 Å². The average Bonchev–Trinajstić information content (AvgIpc) is 3.33. The summed E-state index contributed by atoms with van der Waals surface area (Å²) < 4.78 is 17.0. The number of hydrogen-bond donors (Lipinski definition) is 0. The SMILES string of the molecule is COc1ccc(Br)cc1/C=C/C(=O)N(Cc1ccco1)Cc1ccco1. The third kappa shape index (κ3) is 4.67. The number of benzene rings is 1. The molecule has 0 unspecified atom stereocenters. The molecule has 2 aromatic heterocycles. The van der Waals surface area contributed by atoms with Crippen molar-refractivity contribution in [3.8, 4) is 5.75 Å². The van der Waals surface area contributed by atoms with E-state index in [9.17, 15) is 4.79 Å². The molecule has 0 saturated heterocycles. The minimum atomic E-state index is -0.153. The molecule has 0 aliphatic rings. The quantitative estimate of drug-likeness (QED) is 0.515. The highest BCUT2D eigenvalue weighted by molar-refractivity contribution is 9.10. The number of carbonyl (C=O) groups is 1. The average molecular weight is 416 g/mol. The van der Waals surface area contributed by atoms with Crippen LogP contribution < -0.4 is 4.74 Å². The first-order chi connectivity index (χ1) is 12.7. The number of rotatable bonds is 7. The maximum atomic E-state index is 12.8. The summed E-state index contributed by atoms with van der Waals surface area (Å²) in [6, 6.07) is 12.9. The van der Waals surface area contributed by atoms with Gasteiger partial charge in [-0.1, -0.05) is 15.9 Å². The summed E-state index contributed by atoms with van der Waals surface area (Å²) in [6.45, 7) is 0.707. The number of ether oxygens (including phenoxy) is 1. The van der Waals surface area contributed by atoms with Gasteiger partial charge in [-0.25, -0.2) is 0 Å². The van der Waals surface area contributed by atoms with Crippen LogP contribution >= 0.6 is 15.9 Å². The van der Waals surface area contributed by atoms with Gasteiger partial charge in [-0.2, -0.15) is 0 Å². The number of halogens is 1. The summed E-state index contributed by atoms with van der Waals surface area (Å²) in [7, 11) is 1.60. The van der Waals surface area contributed by atoms with E-state index in [0.717, 1.165) is 10.0 Å². The topological polar surface area (TPSA) is 55.8 Å². The first-order valence-corrected chi connectivity index (χ1v) is 8.80. The van der Waals surface area contributed by atoms with E-state index in [2.05, 4.69) is 15.9 Å². The first kappa shape index (κ1) is 18.1. The van der Waals surface area contributed by atoms with E-state index < -0.39 is 0 Å². The van der Waals surface area contributed by atoms with E-state index in [0.29, 0.717) is 30.4 Å². The molecule has 0 N–H and O–H groups in total. The summed E-state index contributed by atoms with van der Waals surface area (Å²) in [6.07, 6.45) is 6.44. The molecule has 26 heavy (non-hydrogen) atoms. The molecule has 0 radical (unpaired) electrons. The number of methoxy groups -OCH3 is 1. The van der Waals surface area contributed by atoms with Crippen LogP contribution in [0.3, 0.4) is 0 Å². The van der Waals surface area contributed by atoms with E-state index in [-0.39, 0.29) is 5.91 Å². The molecule has 0 bridgehead atoms. The standard InChI is InChI=1S/C20H18BrNO4/c1-24-19-8-7-16(21)12-15(19)6-9-20(23)22(13-17-4-2-10-25-17)14-18-5-3-11-26-18/h2-12H,13-14H2,1H3/b9-6+. The van der Waals surface area contributed by atoms with E-state index in [1.165, 1.54) is 6.08 Å². The zero-order valence-corrected chi connectivity index (χ0v) is 15.8. The van der Waals surface area contributed by atoms with Crippen molar-refractivity contribution in [2.75, 3.05) is 7.11 Å². The van der Waals surface area contributed by atoms with Crippen molar-refractivity contribution in [1.82, 2.24) is 4.90 Å². The van der Waals surface area contributed by atoms with Gasteiger partial charge in [-0.15, -0.1) is 0 Å². The molecule has 0 saturated carbocycles. The highest BCUT2D eigenvalue weighted by atomic mass is 79.9. The second-order valence-electron chi connectivity index (χ2n) is 5.57. The van der Waals surface area contributed by atoms with Crippen molar-refractivity contribution in [2.45, 2.75) is 13.1 Å². The highest BCUT2D eigenvalue weighted by Crippen LogP contribution is 2.24. The Labute approximate surface area is 160 Å². The van der Waals surface area contributed by atoms with Crippen LogP contribution in [0.4, 0.5) is 0 Å². The smallest absolute Gasteiger partial charge is 0.247 e. The fourth-order valence-corrected chi connectivity index (χ4v) is 2.87. The van der Waals surface area contributed by atoms with Crippen molar-refractivity contribution in [3.63, 3.8) is 0 Å². The predicted molar refractivity (Wildman–Crippen MR) is 101 cm³/mol. The molecule has 0 atom stereocenters. The van der Waals surface area contributed by atoms with Crippen LogP contribution in [-0.2, 0) is 17.9 Å². The molecule has 0 aliphatic heterocycles. The molecular weight excluding hydrogens is 398 g/mol. The minimum Gasteiger partial charge on any atom is -0.496 e. The van der Waals surface area contributed by atoms with Crippen LogP contribution in [0.25, 0.3) is 6.08 Å². The van der Waals surface area contributed by atoms with Crippen LogP contribution in [0.1, 0.15) is 17.1 Å². The highest BCUT2D eigenvalue weighted by Gasteiger charge is 2.15. The third-order valence-electron chi connectivity index (χ3n) is 3.76. The Bertz CT molecular complexity index is 833. The molecule has 0 fully saturated rings. The van der Waals surface area contributed by atoms with Gasteiger partial charge in [-0.05, 0) is 48.5 Å². The Morgan fingerprint density at radius 1 is 1.12 bits per heavy atom. The van der Waals surface area contributed by atoms with E-state index in [1.54, 1.807) is 42.7 Å². The molecule has 1 aromatic carbocycles. The van der Waals surface area contributed by atoms with Gasteiger partial charge in [-0.3, -0.25) is 4.79 Å². The lowest BCUT2D eigenvalue weighted by molar-refractivity contribution is -0.127. The van der Waals surface area contributed by atoms with Gasteiger partial charge in [0, 0.05) is 16.1 Å². The van der Waals surface area contributed by atoms with Crippen LogP contribution in [-0.4, -0.2) is 17.9 Å². The van der Waals surface area contributed by atoms with Gasteiger partial charge in [0.1, 0.15) is 17.3 Å². The van der Waals surface area contributed by atoms with Crippen LogP contribution in [0.15, 0.2) is 74.4 Å². The Hall–Kier alpha value is -2.73. The molecule has 6 heteroatoms. The molecular formula is C20H18BrNO4. The Balaban J connectivity index is 1.79. The normalized spacial score (nSPS) is 11.0. The van der Waals surface area contributed by atoms with Gasteiger partial charge in [0.2, 0.25) is 5.91 Å². The fourth-order valence-electron chi connectivity index (χ4n) is 2.49. The molecule has 2 heterocycles. The van der Waals surface area contributed by atoms with Crippen molar-refractivity contribution >= 4 is 27.9 Å². The molecule has 0 spiro atoms. The monoisotopic (exact) mass is 415 g/mol. The molecule has 5 nitrogen and oxygen atoms in total. The predicted octanol–water partition coefficient (Wildman–Crippen LogP) is 4.89. The van der Waals surface area contributed by atoms with E-state index >= 15 is 0 Å². The summed E-state index contributed by atoms with van der Waals surface area (Å²) in [5, 5.41) is 0. The second-order valence-corrected chi connectivity index (χ2v) is 6.49. The van der Waals surface area contributed by atoms with Gasteiger partial charge < -0.3 is 18.5 Å². The zero-order valence-electron chi connectivity index (χ0n) is 14.2. The Morgan fingerprint density at radius 2 is 1.77 bits per heavy atom. The van der Waals surface area contributed by atoms with Crippen LogP contribution in [0.5, 0.6) is 5.75 Å². The van der Waals surface area contributed by atoms with Gasteiger partial charge in [0.25, 0.3) is 0 Å². The summed E-state index contributed by atoms with van der Waals surface area (Å²) >= 11 is 3.43.